The Bertz CT molecular complexity index is 420. The lowest BCUT2D eigenvalue weighted by molar-refractivity contribution is 0.345. The van der Waals surface area contributed by atoms with Crippen LogP contribution in [0.3, 0.4) is 0 Å². The summed E-state index contributed by atoms with van der Waals surface area (Å²) in [5.74, 6) is 0.422. The molecule has 18 heavy (non-hydrogen) atoms. The van der Waals surface area contributed by atoms with E-state index in [1.165, 1.54) is 19.0 Å². The molecule has 100 valence electrons. The molecule has 0 amide bonds. The molecule has 2 rings (SSSR count). The zero-order valence-corrected chi connectivity index (χ0v) is 11.2. The Morgan fingerprint density at radius 3 is 2.94 bits per heavy atom. The molecule has 1 aliphatic heterocycles. The second-order valence-corrected chi connectivity index (χ2v) is 5.12. The SMILES string of the molecule is CCN1CCC(CNc2cc(C)c(F)cc2N)C1. The lowest BCUT2D eigenvalue weighted by Crippen LogP contribution is -2.22. The van der Waals surface area contributed by atoms with Crippen LogP contribution in [0.1, 0.15) is 18.9 Å². The monoisotopic (exact) mass is 251 g/mol. The summed E-state index contributed by atoms with van der Waals surface area (Å²) in [5.41, 5.74) is 7.79. The van der Waals surface area contributed by atoms with E-state index in [1.807, 2.05) is 0 Å². The Morgan fingerprint density at radius 2 is 2.28 bits per heavy atom. The van der Waals surface area contributed by atoms with Crippen LogP contribution in [0.4, 0.5) is 15.8 Å². The van der Waals surface area contributed by atoms with Gasteiger partial charge in [0.05, 0.1) is 11.4 Å². The van der Waals surface area contributed by atoms with E-state index in [4.69, 9.17) is 5.73 Å². The fourth-order valence-electron chi connectivity index (χ4n) is 2.47. The third-order valence-electron chi connectivity index (χ3n) is 3.73. The fourth-order valence-corrected chi connectivity index (χ4v) is 2.47. The molecule has 0 radical (unpaired) electrons. The molecule has 4 heteroatoms. The third-order valence-corrected chi connectivity index (χ3v) is 3.73. The summed E-state index contributed by atoms with van der Waals surface area (Å²) in [5, 5.41) is 3.35. The van der Waals surface area contributed by atoms with Crippen molar-refractivity contribution in [3.8, 4) is 0 Å². The van der Waals surface area contributed by atoms with Crippen molar-refractivity contribution < 1.29 is 4.39 Å². The molecular weight excluding hydrogens is 229 g/mol. The van der Waals surface area contributed by atoms with E-state index in [2.05, 4.69) is 17.1 Å². The van der Waals surface area contributed by atoms with Crippen LogP contribution in [0.15, 0.2) is 12.1 Å². The van der Waals surface area contributed by atoms with E-state index >= 15 is 0 Å². The number of nitrogens with two attached hydrogens (primary N) is 1. The number of rotatable bonds is 4. The lowest BCUT2D eigenvalue weighted by Gasteiger charge is -2.16. The van der Waals surface area contributed by atoms with Gasteiger partial charge in [0.25, 0.3) is 0 Å². The summed E-state index contributed by atoms with van der Waals surface area (Å²) < 4.78 is 13.3. The largest absolute Gasteiger partial charge is 0.397 e. The topological polar surface area (TPSA) is 41.3 Å². The van der Waals surface area contributed by atoms with Crippen molar-refractivity contribution in [3.63, 3.8) is 0 Å². The molecule has 3 N–H and O–H groups in total. The molecular formula is C14H22FN3. The molecule has 1 aliphatic rings. The first-order valence-electron chi connectivity index (χ1n) is 6.62. The van der Waals surface area contributed by atoms with Crippen molar-refractivity contribution in [3.05, 3.63) is 23.5 Å². The zero-order chi connectivity index (χ0) is 13.1. The van der Waals surface area contributed by atoms with Gasteiger partial charge in [-0.1, -0.05) is 6.92 Å². The maximum Gasteiger partial charge on any atom is 0.128 e. The highest BCUT2D eigenvalue weighted by atomic mass is 19.1. The van der Waals surface area contributed by atoms with Gasteiger partial charge < -0.3 is 16.0 Å². The van der Waals surface area contributed by atoms with Gasteiger partial charge >= 0.3 is 0 Å². The number of likely N-dealkylation sites (tertiary alicyclic amines) is 1. The highest BCUT2D eigenvalue weighted by molar-refractivity contribution is 5.67. The molecule has 3 nitrogen and oxygen atoms in total. The number of aryl methyl sites for hydroxylation is 1. The molecule has 1 atom stereocenters. The molecule has 1 fully saturated rings. The maximum absolute atomic E-state index is 13.3. The van der Waals surface area contributed by atoms with Gasteiger partial charge in [0, 0.05) is 13.1 Å². The zero-order valence-electron chi connectivity index (χ0n) is 11.2. The fraction of sp³-hybridized carbons (Fsp3) is 0.571. The van der Waals surface area contributed by atoms with Gasteiger partial charge in [0.15, 0.2) is 0 Å². The van der Waals surface area contributed by atoms with Crippen LogP contribution < -0.4 is 11.1 Å². The predicted octanol–water partition coefficient (Wildman–Crippen LogP) is 2.47. The van der Waals surface area contributed by atoms with E-state index in [0.29, 0.717) is 17.2 Å². The molecule has 0 aliphatic carbocycles. The smallest absolute Gasteiger partial charge is 0.128 e. The van der Waals surface area contributed by atoms with E-state index in [-0.39, 0.29) is 5.82 Å². The molecule has 1 unspecified atom stereocenters. The Hall–Kier alpha value is -1.29. The minimum atomic E-state index is -0.240. The number of hydrogen-bond acceptors (Lipinski definition) is 3. The second-order valence-electron chi connectivity index (χ2n) is 5.12. The Kier molecular flexibility index (Phi) is 4.07. The Labute approximate surface area is 108 Å². The number of halogens is 1. The molecule has 1 heterocycles. The normalized spacial score (nSPS) is 20.3. The van der Waals surface area contributed by atoms with Gasteiger partial charge in [-0.05, 0) is 50.0 Å². The van der Waals surface area contributed by atoms with Crippen molar-refractivity contribution >= 4 is 11.4 Å². The molecule has 0 aromatic heterocycles. The van der Waals surface area contributed by atoms with Crippen LogP contribution in [-0.2, 0) is 0 Å². The quantitative estimate of drug-likeness (QED) is 0.808. The van der Waals surface area contributed by atoms with Crippen LogP contribution >= 0.6 is 0 Å². The molecule has 1 aromatic carbocycles. The summed E-state index contributed by atoms with van der Waals surface area (Å²) in [7, 11) is 0. The summed E-state index contributed by atoms with van der Waals surface area (Å²) in [6, 6.07) is 3.18. The average Bonchev–Trinajstić information content (AvgIpc) is 2.80. The minimum absolute atomic E-state index is 0.240. The second kappa shape index (κ2) is 5.57. The Morgan fingerprint density at radius 1 is 1.50 bits per heavy atom. The number of anilines is 2. The van der Waals surface area contributed by atoms with Crippen molar-refractivity contribution in [1.29, 1.82) is 0 Å². The van der Waals surface area contributed by atoms with Gasteiger partial charge in [0.1, 0.15) is 5.82 Å². The van der Waals surface area contributed by atoms with E-state index in [9.17, 15) is 4.39 Å². The van der Waals surface area contributed by atoms with E-state index in [0.717, 1.165) is 25.3 Å². The van der Waals surface area contributed by atoms with Crippen LogP contribution in [0, 0.1) is 18.7 Å². The molecule has 1 saturated heterocycles. The minimum Gasteiger partial charge on any atom is -0.397 e. The number of benzene rings is 1. The molecule has 0 bridgehead atoms. The van der Waals surface area contributed by atoms with Crippen LogP contribution in [-0.4, -0.2) is 31.1 Å². The van der Waals surface area contributed by atoms with Gasteiger partial charge in [-0.2, -0.15) is 0 Å². The number of nitrogens with one attached hydrogen (secondary N) is 1. The molecule has 0 spiro atoms. The van der Waals surface area contributed by atoms with Gasteiger partial charge in [-0.15, -0.1) is 0 Å². The first kappa shape index (κ1) is 13.1. The highest BCUT2D eigenvalue weighted by Crippen LogP contribution is 2.24. The van der Waals surface area contributed by atoms with E-state index < -0.39 is 0 Å². The first-order valence-corrected chi connectivity index (χ1v) is 6.62. The van der Waals surface area contributed by atoms with Crippen molar-refractivity contribution in [2.24, 2.45) is 5.92 Å². The predicted molar refractivity (Wildman–Crippen MR) is 74.3 cm³/mol. The van der Waals surface area contributed by atoms with Gasteiger partial charge in [-0.25, -0.2) is 4.39 Å². The summed E-state index contributed by atoms with van der Waals surface area (Å²) in [6.07, 6.45) is 1.22. The number of nitrogen functional groups attached to an aromatic ring is 1. The number of hydrogen-bond donors (Lipinski definition) is 2. The summed E-state index contributed by atoms with van der Waals surface area (Å²) >= 11 is 0. The maximum atomic E-state index is 13.3. The average molecular weight is 251 g/mol. The van der Waals surface area contributed by atoms with Crippen LogP contribution in [0.5, 0.6) is 0 Å². The van der Waals surface area contributed by atoms with E-state index in [1.54, 1.807) is 13.0 Å². The number of nitrogens with zero attached hydrogens (tertiary/aromatic N) is 1. The van der Waals surface area contributed by atoms with Crippen LogP contribution in [0.25, 0.3) is 0 Å². The lowest BCUT2D eigenvalue weighted by atomic mass is 10.1. The third kappa shape index (κ3) is 2.93. The van der Waals surface area contributed by atoms with Crippen molar-refractivity contribution in [1.82, 2.24) is 4.90 Å². The standard InChI is InChI=1S/C14H22FN3/c1-3-18-5-4-11(9-18)8-17-14-6-10(2)12(15)7-13(14)16/h6-7,11,17H,3-5,8-9,16H2,1-2H3. The highest BCUT2D eigenvalue weighted by Gasteiger charge is 2.20. The summed E-state index contributed by atoms with van der Waals surface area (Å²) in [4.78, 5) is 2.45. The van der Waals surface area contributed by atoms with Crippen molar-refractivity contribution in [2.75, 3.05) is 37.2 Å². The molecule has 0 saturated carbocycles. The molecule has 1 aromatic rings. The van der Waals surface area contributed by atoms with Gasteiger partial charge in [0.2, 0.25) is 0 Å². The van der Waals surface area contributed by atoms with Crippen molar-refractivity contribution in [2.45, 2.75) is 20.3 Å². The Balaban J connectivity index is 1.93. The van der Waals surface area contributed by atoms with Crippen LogP contribution in [0.2, 0.25) is 0 Å². The summed E-state index contributed by atoms with van der Waals surface area (Å²) in [6.45, 7) is 8.30. The van der Waals surface area contributed by atoms with Gasteiger partial charge in [-0.3, -0.25) is 0 Å². The first-order chi connectivity index (χ1) is 8.60.